The van der Waals surface area contributed by atoms with Crippen molar-refractivity contribution in [3.05, 3.63) is 21.3 Å². The minimum absolute atomic E-state index is 0.00147. The van der Waals surface area contributed by atoms with E-state index >= 15 is 0 Å². The molecular weight excluding hydrogens is 230 g/mol. The molecule has 0 aromatic carbocycles. The Balaban J connectivity index is 2.92. The predicted octanol–water partition coefficient (Wildman–Crippen LogP) is 3.46. The van der Waals surface area contributed by atoms with E-state index in [1.807, 2.05) is 11.4 Å². The van der Waals surface area contributed by atoms with Gasteiger partial charge >= 0.3 is 0 Å². The average molecular weight is 248 g/mol. The maximum atomic E-state index is 6.18. The predicted molar refractivity (Wildman–Crippen MR) is 66.5 cm³/mol. The highest BCUT2D eigenvalue weighted by Crippen LogP contribution is 2.36. The Bertz CT molecular complexity index is 319. The molecule has 1 heterocycles. The van der Waals surface area contributed by atoms with Gasteiger partial charge in [-0.1, -0.05) is 32.4 Å². The quantitative estimate of drug-likeness (QED) is 0.888. The molecule has 2 N–H and O–H groups in total. The van der Waals surface area contributed by atoms with Gasteiger partial charge in [0.15, 0.2) is 0 Å². The van der Waals surface area contributed by atoms with Gasteiger partial charge in [-0.3, -0.25) is 0 Å². The lowest BCUT2D eigenvalue weighted by atomic mass is 9.84. The van der Waals surface area contributed by atoms with Crippen molar-refractivity contribution in [3.63, 3.8) is 0 Å². The van der Waals surface area contributed by atoms with E-state index in [9.17, 15) is 0 Å². The van der Waals surface area contributed by atoms with Crippen molar-refractivity contribution in [2.45, 2.75) is 32.9 Å². The van der Waals surface area contributed by atoms with Crippen LogP contribution in [-0.4, -0.2) is 13.2 Å². The fraction of sp³-hybridized carbons (Fsp3) is 0.636. The van der Waals surface area contributed by atoms with Gasteiger partial charge in [0.2, 0.25) is 0 Å². The molecule has 86 valence electrons. The summed E-state index contributed by atoms with van der Waals surface area (Å²) in [6.45, 7) is 6.34. The number of ether oxygens (including phenoxy) is 1. The van der Waals surface area contributed by atoms with E-state index in [0.717, 1.165) is 9.90 Å². The summed E-state index contributed by atoms with van der Waals surface area (Å²) in [6, 6.07) is 1.71. The number of methoxy groups -OCH3 is 1. The van der Waals surface area contributed by atoms with Crippen molar-refractivity contribution in [2.75, 3.05) is 7.11 Å². The number of hydrogen-bond donors (Lipinski definition) is 1. The molecule has 1 rings (SSSR count). The molecule has 0 amide bonds. The molecule has 0 bridgehead atoms. The fourth-order valence-electron chi connectivity index (χ4n) is 1.72. The van der Waals surface area contributed by atoms with E-state index in [2.05, 4.69) is 20.8 Å². The summed E-state index contributed by atoms with van der Waals surface area (Å²) in [4.78, 5) is 0.999. The SMILES string of the molecule is COC(C(N)c1sccc1Cl)C(C)(C)C. The average Bonchev–Trinajstić information content (AvgIpc) is 2.49. The molecule has 15 heavy (non-hydrogen) atoms. The molecule has 0 spiro atoms. The lowest BCUT2D eigenvalue weighted by Gasteiger charge is -2.33. The summed E-state index contributed by atoms with van der Waals surface area (Å²) >= 11 is 7.64. The van der Waals surface area contributed by atoms with Crippen LogP contribution in [0.15, 0.2) is 11.4 Å². The number of rotatable bonds is 3. The summed E-state index contributed by atoms with van der Waals surface area (Å²) in [5.41, 5.74) is 6.18. The highest BCUT2D eigenvalue weighted by molar-refractivity contribution is 7.10. The third-order valence-electron chi connectivity index (χ3n) is 2.38. The second kappa shape index (κ2) is 4.83. The van der Waals surface area contributed by atoms with Crippen LogP contribution in [0.3, 0.4) is 0 Å². The summed E-state index contributed by atoms with van der Waals surface area (Å²) in [5.74, 6) is 0. The van der Waals surface area contributed by atoms with Crippen molar-refractivity contribution in [3.8, 4) is 0 Å². The van der Waals surface area contributed by atoms with Crippen LogP contribution in [0.5, 0.6) is 0 Å². The van der Waals surface area contributed by atoms with E-state index in [1.54, 1.807) is 18.4 Å². The lowest BCUT2D eigenvalue weighted by molar-refractivity contribution is -0.00164. The first-order valence-electron chi connectivity index (χ1n) is 4.89. The molecule has 0 saturated heterocycles. The van der Waals surface area contributed by atoms with Gasteiger partial charge in [-0.05, 0) is 16.9 Å². The maximum absolute atomic E-state index is 6.18. The van der Waals surface area contributed by atoms with Gasteiger partial charge in [-0.25, -0.2) is 0 Å². The van der Waals surface area contributed by atoms with Crippen LogP contribution < -0.4 is 5.73 Å². The van der Waals surface area contributed by atoms with Crippen LogP contribution in [0.1, 0.15) is 31.7 Å². The first-order chi connectivity index (χ1) is 6.88. The Morgan fingerprint density at radius 3 is 2.40 bits per heavy atom. The fourth-order valence-corrected chi connectivity index (χ4v) is 2.93. The molecule has 0 aliphatic heterocycles. The van der Waals surface area contributed by atoms with Crippen molar-refractivity contribution >= 4 is 22.9 Å². The molecule has 0 aliphatic carbocycles. The third-order valence-corrected chi connectivity index (χ3v) is 3.84. The van der Waals surface area contributed by atoms with Crippen LogP contribution in [0.25, 0.3) is 0 Å². The van der Waals surface area contributed by atoms with Crippen molar-refractivity contribution in [1.82, 2.24) is 0 Å². The van der Waals surface area contributed by atoms with Gasteiger partial charge in [0, 0.05) is 12.0 Å². The smallest absolute Gasteiger partial charge is 0.0820 e. The van der Waals surface area contributed by atoms with E-state index in [1.165, 1.54) is 0 Å². The first-order valence-corrected chi connectivity index (χ1v) is 6.15. The Hall–Kier alpha value is -0.0900. The Morgan fingerprint density at radius 2 is 2.07 bits per heavy atom. The molecule has 0 radical (unpaired) electrons. The van der Waals surface area contributed by atoms with Gasteiger partial charge in [0.1, 0.15) is 0 Å². The molecule has 2 atom stereocenters. The highest BCUT2D eigenvalue weighted by Gasteiger charge is 2.32. The van der Waals surface area contributed by atoms with Gasteiger partial charge < -0.3 is 10.5 Å². The lowest BCUT2D eigenvalue weighted by Crippen LogP contribution is -2.38. The minimum Gasteiger partial charge on any atom is -0.379 e. The normalized spacial score (nSPS) is 16.4. The van der Waals surface area contributed by atoms with Crippen molar-refractivity contribution in [2.24, 2.45) is 11.1 Å². The summed E-state index contributed by atoms with van der Waals surface area (Å²) in [6.07, 6.45) is -0.0337. The molecule has 0 aliphatic rings. The van der Waals surface area contributed by atoms with E-state index in [-0.39, 0.29) is 17.6 Å². The minimum atomic E-state index is -0.164. The van der Waals surface area contributed by atoms with E-state index in [0.29, 0.717) is 0 Å². The van der Waals surface area contributed by atoms with Gasteiger partial charge in [-0.2, -0.15) is 0 Å². The standard InChI is InChI=1S/C11H18ClNOS/c1-11(2,3)10(14-4)8(13)9-7(12)5-6-15-9/h5-6,8,10H,13H2,1-4H3. The summed E-state index contributed by atoms with van der Waals surface area (Å²) < 4.78 is 5.48. The topological polar surface area (TPSA) is 35.2 Å². The molecule has 2 unspecified atom stereocenters. The summed E-state index contributed by atoms with van der Waals surface area (Å²) in [5, 5.41) is 2.69. The van der Waals surface area contributed by atoms with Gasteiger partial charge in [-0.15, -0.1) is 11.3 Å². The molecule has 0 saturated carbocycles. The largest absolute Gasteiger partial charge is 0.379 e. The first kappa shape index (κ1) is 13.0. The number of hydrogen-bond acceptors (Lipinski definition) is 3. The van der Waals surface area contributed by atoms with E-state index in [4.69, 9.17) is 22.1 Å². The molecular formula is C11H18ClNOS. The molecule has 2 nitrogen and oxygen atoms in total. The highest BCUT2D eigenvalue weighted by atomic mass is 35.5. The van der Waals surface area contributed by atoms with Gasteiger partial charge in [0.05, 0.1) is 17.2 Å². The number of halogens is 1. The zero-order valence-corrected chi connectivity index (χ0v) is 11.2. The Kier molecular flexibility index (Phi) is 4.18. The zero-order valence-electron chi connectivity index (χ0n) is 9.58. The Morgan fingerprint density at radius 1 is 1.47 bits per heavy atom. The van der Waals surface area contributed by atoms with Crippen LogP contribution >= 0.6 is 22.9 Å². The monoisotopic (exact) mass is 247 g/mol. The number of thiophene rings is 1. The van der Waals surface area contributed by atoms with Crippen LogP contribution in [0, 0.1) is 5.41 Å². The number of nitrogens with two attached hydrogens (primary N) is 1. The summed E-state index contributed by atoms with van der Waals surface area (Å²) in [7, 11) is 1.69. The van der Waals surface area contributed by atoms with Crippen LogP contribution in [0.2, 0.25) is 5.02 Å². The van der Waals surface area contributed by atoms with Crippen molar-refractivity contribution in [1.29, 1.82) is 0 Å². The van der Waals surface area contributed by atoms with Crippen LogP contribution in [-0.2, 0) is 4.74 Å². The molecule has 1 aromatic heterocycles. The second-order valence-electron chi connectivity index (χ2n) is 4.68. The second-order valence-corrected chi connectivity index (χ2v) is 6.04. The molecule has 4 heteroatoms. The zero-order chi connectivity index (χ0) is 11.6. The van der Waals surface area contributed by atoms with Crippen LogP contribution in [0.4, 0.5) is 0 Å². The Labute approximate surface area is 100 Å². The van der Waals surface area contributed by atoms with Gasteiger partial charge in [0.25, 0.3) is 0 Å². The molecule has 0 fully saturated rings. The third kappa shape index (κ3) is 2.94. The molecule has 1 aromatic rings. The maximum Gasteiger partial charge on any atom is 0.0820 e. The van der Waals surface area contributed by atoms with Crippen molar-refractivity contribution < 1.29 is 4.74 Å². The van der Waals surface area contributed by atoms with E-state index < -0.39 is 0 Å².